The Hall–Kier alpha value is -2.90. The summed E-state index contributed by atoms with van der Waals surface area (Å²) in [4.78, 5) is 24.0. The predicted molar refractivity (Wildman–Crippen MR) is 113 cm³/mol. The summed E-state index contributed by atoms with van der Waals surface area (Å²) < 4.78 is 10.9. The maximum Gasteiger partial charge on any atom is 0.263 e. The van der Waals surface area contributed by atoms with Crippen molar-refractivity contribution in [2.45, 2.75) is 53.5 Å². The van der Waals surface area contributed by atoms with Crippen molar-refractivity contribution in [2.24, 2.45) is 11.8 Å². The molecule has 8 heteroatoms. The first kappa shape index (κ1) is 20.4. The first-order chi connectivity index (χ1) is 14.4. The number of carbonyl (C=O) groups excluding carboxylic acids is 1. The van der Waals surface area contributed by atoms with Crippen LogP contribution in [-0.4, -0.2) is 34.1 Å². The van der Waals surface area contributed by atoms with Gasteiger partial charge in [-0.3, -0.25) is 4.79 Å². The van der Waals surface area contributed by atoms with Gasteiger partial charge in [-0.05, 0) is 44.2 Å². The van der Waals surface area contributed by atoms with Crippen molar-refractivity contribution in [1.82, 2.24) is 20.4 Å². The molecule has 1 aliphatic rings. The van der Waals surface area contributed by atoms with Crippen LogP contribution in [0.3, 0.4) is 0 Å². The van der Waals surface area contributed by atoms with Gasteiger partial charge in [0.15, 0.2) is 0 Å². The Kier molecular flexibility index (Phi) is 5.74. The summed E-state index contributed by atoms with van der Waals surface area (Å²) in [5, 5.41) is 7.85. The largest absolute Gasteiger partial charge is 0.465 e. The van der Waals surface area contributed by atoms with E-state index in [1.165, 1.54) is 6.42 Å². The highest BCUT2D eigenvalue weighted by Crippen LogP contribution is 2.31. The van der Waals surface area contributed by atoms with Gasteiger partial charge in [0.1, 0.15) is 28.5 Å². The summed E-state index contributed by atoms with van der Waals surface area (Å²) in [7, 11) is 0. The molecule has 3 aromatic rings. The summed E-state index contributed by atoms with van der Waals surface area (Å²) in [6.45, 7) is 10.6. The number of nitrogens with zero attached hydrogens (tertiary/aromatic N) is 4. The third-order valence-electron chi connectivity index (χ3n) is 5.53. The number of nitrogens with one attached hydrogen (secondary N) is 1. The lowest BCUT2D eigenvalue weighted by Gasteiger charge is -2.36. The maximum absolute atomic E-state index is 12.3. The number of hydrogen-bond donors (Lipinski definition) is 1. The molecule has 1 N–H and O–H groups in total. The van der Waals surface area contributed by atoms with E-state index in [1.807, 2.05) is 26.0 Å². The Morgan fingerprint density at radius 2 is 1.97 bits per heavy atom. The summed E-state index contributed by atoms with van der Waals surface area (Å²) in [5.74, 6) is 4.17. The number of carbonyl (C=O) groups is 1. The van der Waals surface area contributed by atoms with Crippen LogP contribution in [-0.2, 0) is 17.8 Å². The van der Waals surface area contributed by atoms with E-state index >= 15 is 0 Å². The van der Waals surface area contributed by atoms with E-state index in [4.69, 9.17) is 13.9 Å². The molecule has 1 fully saturated rings. The van der Waals surface area contributed by atoms with Crippen molar-refractivity contribution in [3.63, 3.8) is 0 Å². The molecule has 0 radical (unpaired) electrons. The smallest absolute Gasteiger partial charge is 0.263 e. The van der Waals surface area contributed by atoms with E-state index in [1.54, 1.807) is 0 Å². The molecule has 4 heterocycles. The number of hydrogen-bond acceptors (Lipinski definition) is 7. The lowest BCUT2D eigenvalue weighted by Crippen LogP contribution is -2.39. The second-order valence-electron chi connectivity index (χ2n) is 8.55. The Morgan fingerprint density at radius 1 is 1.20 bits per heavy atom. The van der Waals surface area contributed by atoms with E-state index < -0.39 is 0 Å². The summed E-state index contributed by atoms with van der Waals surface area (Å²) in [6.07, 6.45) is 1.95. The molecule has 0 aliphatic carbocycles. The van der Waals surface area contributed by atoms with Crippen LogP contribution in [0.15, 0.2) is 21.1 Å². The lowest BCUT2D eigenvalue weighted by molar-refractivity contribution is -0.121. The average Bonchev–Trinajstić information content (AvgIpc) is 3.29. The predicted octanol–water partition coefficient (Wildman–Crippen LogP) is 3.56. The van der Waals surface area contributed by atoms with Crippen molar-refractivity contribution in [1.29, 1.82) is 0 Å². The fraction of sp³-hybridized carbons (Fsp3) is 0.545. The molecule has 1 aliphatic heterocycles. The second-order valence-corrected chi connectivity index (χ2v) is 8.55. The van der Waals surface area contributed by atoms with Gasteiger partial charge < -0.3 is 19.2 Å². The highest BCUT2D eigenvalue weighted by Gasteiger charge is 2.27. The zero-order chi connectivity index (χ0) is 21.3. The quantitative estimate of drug-likeness (QED) is 0.662. The zero-order valence-electron chi connectivity index (χ0n) is 18.1. The van der Waals surface area contributed by atoms with Crippen LogP contribution < -0.4 is 10.2 Å². The topological polar surface area (TPSA) is 97.3 Å². The molecule has 0 saturated carbocycles. The molecule has 160 valence electrons. The Labute approximate surface area is 176 Å². The summed E-state index contributed by atoms with van der Waals surface area (Å²) in [5.41, 5.74) is 1.29. The first-order valence-electron chi connectivity index (χ1n) is 10.6. The van der Waals surface area contributed by atoms with Crippen molar-refractivity contribution in [2.75, 3.05) is 18.0 Å². The van der Waals surface area contributed by atoms with Crippen molar-refractivity contribution < 1.29 is 13.7 Å². The zero-order valence-corrected chi connectivity index (χ0v) is 18.1. The van der Waals surface area contributed by atoms with Crippen LogP contribution >= 0.6 is 0 Å². The van der Waals surface area contributed by atoms with Gasteiger partial charge >= 0.3 is 0 Å². The van der Waals surface area contributed by atoms with Gasteiger partial charge in [-0.1, -0.05) is 19.0 Å². The Bertz CT molecular complexity index is 1030. The number of rotatable bonds is 6. The molecular formula is C22H29N5O3. The molecule has 1 saturated heterocycles. The second kappa shape index (κ2) is 8.45. The minimum absolute atomic E-state index is 0.0664. The standard InChI is InChI=1S/C22H29N5O3/c1-13-9-14(2)12-27(11-13)21-20-16(4)26-30-22(20)25-18(24-21)7-8-19(28)23-10-17-6-5-15(3)29-17/h5-6,13-14H,7-12H2,1-4H3,(H,23,28)/t13-,14-/m0/s1. The highest BCUT2D eigenvalue weighted by atomic mass is 16.5. The van der Waals surface area contributed by atoms with Crippen molar-refractivity contribution in [3.8, 4) is 0 Å². The highest BCUT2D eigenvalue weighted by molar-refractivity contribution is 5.88. The molecule has 1 amide bonds. The van der Waals surface area contributed by atoms with Gasteiger partial charge in [0, 0.05) is 25.9 Å². The molecule has 8 nitrogen and oxygen atoms in total. The molecule has 2 atom stereocenters. The first-order valence-corrected chi connectivity index (χ1v) is 10.6. The summed E-state index contributed by atoms with van der Waals surface area (Å²) >= 11 is 0. The minimum atomic E-state index is -0.0664. The van der Waals surface area contributed by atoms with Gasteiger partial charge in [-0.2, -0.15) is 4.98 Å². The van der Waals surface area contributed by atoms with Crippen molar-refractivity contribution in [3.05, 3.63) is 35.2 Å². The Morgan fingerprint density at radius 3 is 2.67 bits per heavy atom. The monoisotopic (exact) mass is 411 g/mol. The van der Waals surface area contributed by atoms with Gasteiger partial charge in [0.25, 0.3) is 5.71 Å². The third-order valence-corrected chi connectivity index (χ3v) is 5.53. The van der Waals surface area contributed by atoms with Crippen LogP contribution in [0.4, 0.5) is 5.82 Å². The minimum Gasteiger partial charge on any atom is -0.465 e. The molecule has 0 spiro atoms. The van der Waals surface area contributed by atoms with Gasteiger partial charge in [-0.25, -0.2) is 4.98 Å². The van der Waals surface area contributed by atoms with Crippen LogP contribution in [0.25, 0.3) is 11.1 Å². The van der Waals surface area contributed by atoms with Crippen LogP contribution in [0.1, 0.15) is 49.7 Å². The number of furan rings is 1. The molecule has 0 aromatic carbocycles. The normalized spacial score (nSPS) is 19.4. The SMILES string of the molecule is Cc1ccc(CNC(=O)CCc2nc(N3C[C@@H](C)C[C@H](C)C3)c3c(C)noc3n2)o1. The van der Waals surface area contributed by atoms with Crippen LogP contribution in [0, 0.1) is 25.7 Å². The maximum atomic E-state index is 12.3. The van der Waals surface area contributed by atoms with Crippen molar-refractivity contribution >= 4 is 22.8 Å². The molecule has 30 heavy (non-hydrogen) atoms. The number of anilines is 1. The van der Waals surface area contributed by atoms with Gasteiger partial charge in [0.05, 0.1) is 12.2 Å². The van der Waals surface area contributed by atoms with E-state index in [0.29, 0.717) is 42.8 Å². The molecule has 0 bridgehead atoms. The van der Waals surface area contributed by atoms with E-state index in [-0.39, 0.29) is 5.91 Å². The van der Waals surface area contributed by atoms with Gasteiger partial charge in [-0.15, -0.1) is 0 Å². The fourth-order valence-corrected chi connectivity index (χ4v) is 4.27. The molecular weight excluding hydrogens is 382 g/mol. The molecule has 0 unspecified atom stereocenters. The average molecular weight is 412 g/mol. The third kappa shape index (κ3) is 4.47. The van der Waals surface area contributed by atoms with Crippen LogP contribution in [0.2, 0.25) is 0 Å². The Balaban J connectivity index is 1.48. The number of aryl methyl sites for hydroxylation is 3. The molecule has 3 aromatic heterocycles. The number of piperidine rings is 1. The molecule has 4 rings (SSSR count). The number of fused-ring (bicyclic) bond motifs is 1. The lowest BCUT2D eigenvalue weighted by atomic mass is 9.92. The van der Waals surface area contributed by atoms with Crippen LogP contribution in [0.5, 0.6) is 0 Å². The summed E-state index contributed by atoms with van der Waals surface area (Å²) in [6, 6.07) is 3.75. The van der Waals surface area contributed by atoms with Gasteiger partial charge in [0.2, 0.25) is 5.91 Å². The van der Waals surface area contributed by atoms with E-state index in [2.05, 4.69) is 34.2 Å². The fourth-order valence-electron chi connectivity index (χ4n) is 4.27. The number of amides is 1. The van der Waals surface area contributed by atoms with E-state index in [9.17, 15) is 4.79 Å². The van der Waals surface area contributed by atoms with E-state index in [0.717, 1.165) is 41.5 Å². The number of aromatic nitrogens is 3.